The lowest BCUT2D eigenvalue weighted by atomic mass is 9.81. The molecule has 0 amide bonds. The fraction of sp³-hybridized carbons (Fsp3) is 0.571. The van der Waals surface area contributed by atoms with E-state index < -0.39 is 0 Å². The summed E-state index contributed by atoms with van der Waals surface area (Å²) in [7, 11) is 0. The number of rotatable bonds is 5. The maximum absolute atomic E-state index is 3.69. The lowest BCUT2D eigenvalue weighted by molar-refractivity contribution is 0.334. The maximum atomic E-state index is 3.69. The van der Waals surface area contributed by atoms with Crippen LogP contribution in [0.15, 0.2) is 36.5 Å². The van der Waals surface area contributed by atoms with Crippen molar-refractivity contribution >= 4 is 0 Å². The van der Waals surface area contributed by atoms with Crippen LogP contribution >= 0.6 is 0 Å². The summed E-state index contributed by atoms with van der Waals surface area (Å²) in [4.78, 5) is 0. The highest BCUT2D eigenvalue weighted by atomic mass is 14.2. The molecule has 0 N–H and O–H groups in total. The molecule has 0 radical (unpaired) electrons. The predicted octanol–water partition coefficient (Wildman–Crippen LogP) is 4.60. The van der Waals surface area contributed by atoms with E-state index in [-0.39, 0.29) is 0 Å². The van der Waals surface area contributed by atoms with Crippen LogP contribution in [0.5, 0.6) is 0 Å². The Kier molecular flexibility index (Phi) is 6.27. The summed E-state index contributed by atoms with van der Waals surface area (Å²) in [6.07, 6.45) is 8.20. The van der Waals surface area contributed by atoms with Crippen molar-refractivity contribution in [3.05, 3.63) is 36.5 Å². The van der Waals surface area contributed by atoms with Crippen molar-refractivity contribution in [1.82, 2.24) is 0 Å². The van der Waals surface area contributed by atoms with Crippen molar-refractivity contribution in [2.24, 2.45) is 17.8 Å². The van der Waals surface area contributed by atoms with Gasteiger partial charge in [0.05, 0.1) is 0 Å². The van der Waals surface area contributed by atoms with Crippen LogP contribution in [0.4, 0.5) is 0 Å². The minimum absolute atomic E-state index is 0.621. The zero-order valence-electron chi connectivity index (χ0n) is 10.2. The predicted molar refractivity (Wildman–Crippen MR) is 66.3 cm³/mol. The van der Waals surface area contributed by atoms with E-state index in [0.717, 1.165) is 11.8 Å². The molecule has 0 heteroatoms. The Labute approximate surface area is 89.4 Å². The molecule has 0 saturated carbocycles. The van der Waals surface area contributed by atoms with Crippen LogP contribution in [0, 0.1) is 17.8 Å². The SMILES string of the molecule is C=C/C=C\C(=C/C)C(C)C(C)C(C)C. The first-order chi connectivity index (χ1) is 6.54. The Hall–Kier alpha value is -0.780. The fourth-order valence-corrected chi connectivity index (χ4v) is 1.57. The molecule has 0 spiro atoms. The molecule has 0 fully saturated rings. The van der Waals surface area contributed by atoms with Gasteiger partial charge in [-0.25, -0.2) is 0 Å². The van der Waals surface area contributed by atoms with Crippen molar-refractivity contribution in [3.63, 3.8) is 0 Å². The molecule has 0 aromatic rings. The number of allylic oxidation sites excluding steroid dienone is 5. The molecule has 0 aliphatic heterocycles. The molecule has 2 atom stereocenters. The minimum atomic E-state index is 0.621. The van der Waals surface area contributed by atoms with Crippen molar-refractivity contribution in [2.45, 2.75) is 34.6 Å². The van der Waals surface area contributed by atoms with Gasteiger partial charge in [-0.1, -0.05) is 58.6 Å². The molecule has 0 bridgehead atoms. The van der Waals surface area contributed by atoms with E-state index in [2.05, 4.69) is 53.3 Å². The van der Waals surface area contributed by atoms with Gasteiger partial charge in [-0.15, -0.1) is 0 Å². The topological polar surface area (TPSA) is 0 Å². The Morgan fingerprint density at radius 3 is 2.07 bits per heavy atom. The molecule has 0 aromatic carbocycles. The Balaban J connectivity index is 4.54. The number of hydrogen-bond donors (Lipinski definition) is 0. The van der Waals surface area contributed by atoms with E-state index in [1.54, 1.807) is 0 Å². The zero-order valence-corrected chi connectivity index (χ0v) is 10.2. The summed E-state index contributed by atoms with van der Waals surface area (Å²) in [5, 5.41) is 0. The second-order valence-corrected chi connectivity index (χ2v) is 4.28. The molecule has 0 aliphatic carbocycles. The van der Waals surface area contributed by atoms with Gasteiger partial charge in [0.25, 0.3) is 0 Å². The van der Waals surface area contributed by atoms with Gasteiger partial charge in [-0.2, -0.15) is 0 Å². The largest absolute Gasteiger partial charge is 0.0991 e. The van der Waals surface area contributed by atoms with Gasteiger partial charge < -0.3 is 0 Å². The van der Waals surface area contributed by atoms with Crippen molar-refractivity contribution in [1.29, 1.82) is 0 Å². The van der Waals surface area contributed by atoms with Crippen LogP contribution in [-0.2, 0) is 0 Å². The van der Waals surface area contributed by atoms with E-state index in [9.17, 15) is 0 Å². The van der Waals surface area contributed by atoms with E-state index in [1.807, 2.05) is 12.2 Å². The van der Waals surface area contributed by atoms with Crippen molar-refractivity contribution in [3.8, 4) is 0 Å². The Morgan fingerprint density at radius 2 is 1.71 bits per heavy atom. The minimum Gasteiger partial charge on any atom is -0.0991 e. The highest BCUT2D eigenvalue weighted by Crippen LogP contribution is 2.27. The van der Waals surface area contributed by atoms with Gasteiger partial charge in [0, 0.05) is 0 Å². The van der Waals surface area contributed by atoms with Crippen molar-refractivity contribution < 1.29 is 0 Å². The van der Waals surface area contributed by atoms with Gasteiger partial charge in [0.1, 0.15) is 0 Å². The second-order valence-electron chi connectivity index (χ2n) is 4.28. The third kappa shape index (κ3) is 3.95. The normalized spacial score (nSPS) is 17.4. The van der Waals surface area contributed by atoms with Gasteiger partial charge in [0.15, 0.2) is 0 Å². The summed E-state index contributed by atoms with van der Waals surface area (Å²) in [5.74, 6) is 2.07. The van der Waals surface area contributed by atoms with Gasteiger partial charge in [-0.3, -0.25) is 0 Å². The average Bonchev–Trinajstić information content (AvgIpc) is 2.17. The molecule has 0 nitrogen and oxygen atoms in total. The third-order valence-electron chi connectivity index (χ3n) is 3.12. The first-order valence-corrected chi connectivity index (χ1v) is 5.49. The highest BCUT2D eigenvalue weighted by Gasteiger charge is 2.17. The molecule has 2 unspecified atom stereocenters. The quantitative estimate of drug-likeness (QED) is 0.558. The summed E-state index contributed by atoms with van der Waals surface area (Å²) in [6, 6.07) is 0. The van der Waals surface area contributed by atoms with E-state index in [1.165, 1.54) is 5.57 Å². The lowest BCUT2D eigenvalue weighted by Crippen LogP contribution is -2.15. The molecular formula is C14H24. The first-order valence-electron chi connectivity index (χ1n) is 5.49. The van der Waals surface area contributed by atoms with E-state index in [4.69, 9.17) is 0 Å². The summed E-state index contributed by atoms with van der Waals surface area (Å²) < 4.78 is 0. The smallest absolute Gasteiger partial charge is 0.0165 e. The summed E-state index contributed by atoms with van der Waals surface area (Å²) >= 11 is 0. The van der Waals surface area contributed by atoms with Crippen LogP contribution in [0.1, 0.15) is 34.6 Å². The van der Waals surface area contributed by atoms with Crippen LogP contribution < -0.4 is 0 Å². The van der Waals surface area contributed by atoms with Gasteiger partial charge >= 0.3 is 0 Å². The van der Waals surface area contributed by atoms with Gasteiger partial charge in [0.2, 0.25) is 0 Å². The second kappa shape index (κ2) is 6.64. The zero-order chi connectivity index (χ0) is 11.1. The monoisotopic (exact) mass is 192 g/mol. The van der Waals surface area contributed by atoms with Crippen LogP contribution in [0.25, 0.3) is 0 Å². The standard InChI is InChI=1S/C14H24/c1-7-9-10-14(8-2)13(6)12(5)11(3)4/h7-13H,1H2,2-6H3/b10-9-,14-8+. The molecule has 0 rings (SSSR count). The van der Waals surface area contributed by atoms with E-state index >= 15 is 0 Å². The highest BCUT2D eigenvalue weighted by molar-refractivity contribution is 5.23. The van der Waals surface area contributed by atoms with Gasteiger partial charge in [-0.05, 0) is 30.3 Å². The lowest BCUT2D eigenvalue weighted by Gasteiger charge is -2.24. The molecule has 0 saturated heterocycles. The average molecular weight is 192 g/mol. The number of hydrogen-bond acceptors (Lipinski definition) is 0. The first kappa shape index (κ1) is 13.2. The van der Waals surface area contributed by atoms with E-state index in [0.29, 0.717) is 5.92 Å². The molecule has 0 heterocycles. The third-order valence-corrected chi connectivity index (χ3v) is 3.12. The fourth-order valence-electron chi connectivity index (χ4n) is 1.57. The van der Waals surface area contributed by atoms with Crippen molar-refractivity contribution in [2.75, 3.05) is 0 Å². The Bertz CT molecular complexity index is 218. The molecule has 0 aliphatic rings. The van der Waals surface area contributed by atoms with Crippen LogP contribution in [0.3, 0.4) is 0 Å². The molecule has 14 heavy (non-hydrogen) atoms. The Morgan fingerprint density at radius 1 is 1.14 bits per heavy atom. The summed E-state index contributed by atoms with van der Waals surface area (Å²) in [6.45, 7) is 15.0. The summed E-state index contributed by atoms with van der Waals surface area (Å²) in [5.41, 5.74) is 1.41. The molecular weight excluding hydrogens is 168 g/mol. The van der Waals surface area contributed by atoms with Crippen LogP contribution in [-0.4, -0.2) is 0 Å². The maximum Gasteiger partial charge on any atom is -0.0165 e. The molecule has 0 aromatic heterocycles. The molecule has 80 valence electrons. The van der Waals surface area contributed by atoms with Crippen LogP contribution in [0.2, 0.25) is 0 Å².